The molecule has 0 heterocycles. The molecule has 1 atom stereocenters. The van der Waals surface area contributed by atoms with E-state index in [0.29, 0.717) is 0 Å². The predicted octanol–water partition coefficient (Wildman–Crippen LogP) is 3.88. The summed E-state index contributed by atoms with van der Waals surface area (Å²) >= 11 is 6.16. The van der Waals surface area contributed by atoms with Crippen molar-refractivity contribution < 1.29 is 0 Å². The van der Waals surface area contributed by atoms with Gasteiger partial charge >= 0.3 is 0 Å². The van der Waals surface area contributed by atoms with Crippen LogP contribution in [0.4, 0.5) is 0 Å². The molecule has 1 aliphatic carbocycles. The Hall–Kier alpha value is -1.35. The molecule has 1 aliphatic rings. The fraction of sp³-hybridized carbons (Fsp3) is 0.333. The van der Waals surface area contributed by atoms with Crippen molar-refractivity contribution in [1.29, 1.82) is 0 Å². The molecule has 0 aromatic heterocycles. The van der Waals surface area contributed by atoms with Gasteiger partial charge in [0.1, 0.15) is 0 Å². The number of hydrogen-bond donors (Lipinski definition) is 2. The Morgan fingerprint density at radius 3 is 2.71 bits per heavy atom. The highest BCUT2D eigenvalue weighted by Gasteiger charge is 2.15. The maximum Gasteiger partial charge on any atom is 0.0500 e. The molecule has 3 N–H and O–H groups in total. The largest absolute Gasteiger partial charge is 0.271 e. The van der Waals surface area contributed by atoms with E-state index in [1.54, 1.807) is 0 Å². The Labute approximate surface area is 131 Å². The average molecular weight is 301 g/mol. The average Bonchev–Trinajstić information content (AvgIpc) is 2.91. The Bertz CT molecular complexity index is 631. The van der Waals surface area contributed by atoms with Crippen LogP contribution >= 0.6 is 11.6 Å². The van der Waals surface area contributed by atoms with Gasteiger partial charge < -0.3 is 0 Å². The molecule has 2 aromatic rings. The molecular weight excluding hydrogens is 280 g/mol. The molecule has 3 rings (SSSR count). The first-order valence-corrected chi connectivity index (χ1v) is 7.87. The minimum absolute atomic E-state index is 0.0850. The number of benzene rings is 2. The number of hydrazine groups is 1. The van der Waals surface area contributed by atoms with Crippen molar-refractivity contribution in [2.75, 3.05) is 0 Å². The fourth-order valence-electron chi connectivity index (χ4n) is 3.23. The third-order valence-electron chi connectivity index (χ3n) is 4.27. The normalized spacial score (nSPS) is 15.0. The number of halogens is 1. The third-order valence-corrected chi connectivity index (χ3v) is 4.49. The van der Waals surface area contributed by atoms with Crippen LogP contribution in [0.2, 0.25) is 5.02 Å². The van der Waals surface area contributed by atoms with E-state index in [9.17, 15) is 0 Å². The summed E-state index contributed by atoms with van der Waals surface area (Å²) in [6.07, 6.45) is 4.59. The van der Waals surface area contributed by atoms with Gasteiger partial charge in [0.25, 0.3) is 0 Å². The predicted molar refractivity (Wildman–Crippen MR) is 88.4 cm³/mol. The molecule has 2 nitrogen and oxygen atoms in total. The molecule has 0 amide bonds. The van der Waals surface area contributed by atoms with Crippen LogP contribution in [0, 0.1) is 6.92 Å². The molecule has 21 heavy (non-hydrogen) atoms. The van der Waals surface area contributed by atoms with E-state index in [1.165, 1.54) is 36.0 Å². The van der Waals surface area contributed by atoms with Crippen molar-refractivity contribution in [2.24, 2.45) is 5.84 Å². The van der Waals surface area contributed by atoms with Gasteiger partial charge in [-0.3, -0.25) is 11.3 Å². The molecule has 2 aromatic carbocycles. The van der Waals surface area contributed by atoms with Gasteiger partial charge in [-0.2, -0.15) is 0 Å². The maximum atomic E-state index is 6.16. The van der Waals surface area contributed by atoms with E-state index in [1.807, 2.05) is 12.1 Å². The number of nitrogens with one attached hydrogen (secondary N) is 1. The quantitative estimate of drug-likeness (QED) is 0.664. The van der Waals surface area contributed by atoms with Gasteiger partial charge in [-0.25, -0.2) is 0 Å². The zero-order chi connectivity index (χ0) is 14.8. The standard InChI is InChI=1S/C18H21ClN2/c1-12-7-16(11-17(19)8-12)18(21-20)10-13-5-6-14-3-2-4-15(14)9-13/h5-9,11,18,21H,2-4,10,20H2,1H3. The lowest BCUT2D eigenvalue weighted by molar-refractivity contribution is 0.551. The summed E-state index contributed by atoms with van der Waals surface area (Å²) in [6.45, 7) is 2.05. The van der Waals surface area contributed by atoms with Gasteiger partial charge in [0.2, 0.25) is 0 Å². The van der Waals surface area contributed by atoms with Crippen LogP contribution in [-0.2, 0) is 19.3 Å². The highest BCUT2D eigenvalue weighted by atomic mass is 35.5. The minimum atomic E-state index is 0.0850. The van der Waals surface area contributed by atoms with Gasteiger partial charge in [0.15, 0.2) is 0 Å². The van der Waals surface area contributed by atoms with Crippen molar-refractivity contribution in [2.45, 2.75) is 38.6 Å². The van der Waals surface area contributed by atoms with Gasteiger partial charge in [-0.05, 0) is 72.6 Å². The highest BCUT2D eigenvalue weighted by Crippen LogP contribution is 2.26. The molecule has 0 spiro atoms. The second-order valence-corrected chi connectivity index (χ2v) is 6.38. The first kappa shape index (κ1) is 14.6. The Morgan fingerprint density at radius 2 is 1.95 bits per heavy atom. The fourth-order valence-corrected chi connectivity index (χ4v) is 3.52. The summed E-state index contributed by atoms with van der Waals surface area (Å²) < 4.78 is 0. The van der Waals surface area contributed by atoms with Crippen LogP contribution in [-0.4, -0.2) is 0 Å². The molecule has 0 saturated carbocycles. The van der Waals surface area contributed by atoms with Crippen LogP contribution in [0.25, 0.3) is 0 Å². The summed E-state index contributed by atoms with van der Waals surface area (Å²) in [6, 6.07) is 13.0. The molecule has 0 saturated heterocycles. The van der Waals surface area contributed by atoms with E-state index in [0.717, 1.165) is 22.6 Å². The highest BCUT2D eigenvalue weighted by molar-refractivity contribution is 6.30. The second kappa shape index (κ2) is 6.18. The summed E-state index contributed by atoms with van der Waals surface area (Å²) in [5.41, 5.74) is 9.57. The van der Waals surface area contributed by atoms with Crippen molar-refractivity contribution >= 4 is 11.6 Å². The summed E-state index contributed by atoms with van der Waals surface area (Å²) in [4.78, 5) is 0. The number of fused-ring (bicyclic) bond motifs is 1. The summed E-state index contributed by atoms with van der Waals surface area (Å²) in [5.74, 6) is 5.77. The molecular formula is C18H21ClN2. The molecule has 0 bridgehead atoms. The first-order chi connectivity index (χ1) is 10.2. The molecule has 0 radical (unpaired) electrons. The van der Waals surface area contributed by atoms with Crippen LogP contribution in [0.5, 0.6) is 0 Å². The number of hydrogen-bond acceptors (Lipinski definition) is 2. The number of rotatable bonds is 4. The maximum absolute atomic E-state index is 6.16. The van der Waals surface area contributed by atoms with E-state index in [2.05, 4.69) is 36.6 Å². The topological polar surface area (TPSA) is 38.0 Å². The summed E-state index contributed by atoms with van der Waals surface area (Å²) in [7, 11) is 0. The monoisotopic (exact) mass is 300 g/mol. The first-order valence-electron chi connectivity index (χ1n) is 7.49. The molecule has 0 fully saturated rings. The van der Waals surface area contributed by atoms with Gasteiger partial charge in [-0.15, -0.1) is 0 Å². The molecule has 1 unspecified atom stereocenters. The van der Waals surface area contributed by atoms with E-state index >= 15 is 0 Å². The van der Waals surface area contributed by atoms with Gasteiger partial charge in [-0.1, -0.05) is 35.9 Å². The number of aryl methyl sites for hydroxylation is 3. The van der Waals surface area contributed by atoms with Gasteiger partial charge in [0.05, 0.1) is 6.04 Å². The van der Waals surface area contributed by atoms with Crippen molar-refractivity contribution in [1.82, 2.24) is 5.43 Å². The second-order valence-electron chi connectivity index (χ2n) is 5.94. The van der Waals surface area contributed by atoms with Crippen LogP contribution in [0.1, 0.15) is 40.3 Å². The molecule has 110 valence electrons. The smallest absolute Gasteiger partial charge is 0.0500 e. The lowest BCUT2D eigenvalue weighted by Gasteiger charge is -2.18. The Kier molecular flexibility index (Phi) is 4.29. The lowest BCUT2D eigenvalue weighted by atomic mass is 9.96. The van der Waals surface area contributed by atoms with Crippen molar-refractivity contribution in [3.63, 3.8) is 0 Å². The van der Waals surface area contributed by atoms with Crippen LogP contribution in [0.3, 0.4) is 0 Å². The van der Waals surface area contributed by atoms with Crippen LogP contribution < -0.4 is 11.3 Å². The molecule has 3 heteroatoms. The van der Waals surface area contributed by atoms with Crippen LogP contribution in [0.15, 0.2) is 36.4 Å². The zero-order valence-corrected chi connectivity index (χ0v) is 13.1. The third kappa shape index (κ3) is 3.29. The van der Waals surface area contributed by atoms with E-state index in [4.69, 9.17) is 17.4 Å². The molecule has 0 aliphatic heterocycles. The van der Waals surface area contributed by atoms with E-state index in [-0.39, 0.29) is 6.04 Å². The van der Waals surface area contributed by atoms with Crippen molar-refractivity contribution in [3.8, 4) is 0 Å². The van der Waals surface area contributed by atoms with Crippen molar-refractivity contribution in [3.05, 3.63) is 69.2 Å². The van der Waals surface area contributed by atoms with Gasteiger partial charge in [0, 0.05) is 5.02 Å². The minimum Gasteiger partial charge on any atom is -0.271 e. The zero-order valence-electron chi connectivity index (χ0n) is 12.3. The van der Waals surface area contributed by atoms with E-state index < -0.39 is 0 Å². The number of nitrogens with two attached hydrogens (primary N) is 1. The Morgan fingerprint density at radius 1 is 1.14 bits per heavy atom. The lowest BCUT2D eigenvalue weighted by Crippen LogP contribution is -2.29. The summed E-state index contributed by atoms with van der Waals surface area (Å²) in [5, 5.41) is 0.763. The SMILES string of the molecule is Cc1cc(Cl)cc(C(Cc2ccc3c(c2)CCC3)NN)c1. The Balaban J connectivity index is 1.84.